The average molecular weight is 447 g/mol. The van der Waals surface area contributed by atoms with Gasteiger partial charge in [-0.2, -0.15) is 8.42 Å². The highest BCUT2D eigenvalue weighted by atomic mass is 35.5. The number of hydrogen-bond acceptors (Lipinski definition) is 8. The van der Waals surface area contributed by atoms with Crippen LogP contribution in [-0.2, 0) is 26.1 Å². The number of fused-ring (bicyclic) bond motifs is 2. The summed E-state index contributed by atoms with van der Waals surface area (Å²) in [7, 11) is -2.73. The zero-order valence-corrected chi connectivity index (χ0v) is 16.9. The van der Waals surface area contributed by atoms with Crippen LogP contribution in [0.4, 0.5) is 0 Å². The van der Waals surface area contributed by atoms with E-state index in [1.807, 2.05) is 0 Å². The van der Waals surface area contributed by atoms with Crippen molar-refractivity contribution >= 4 is 60.5 Å². The van der Waals surface area contributed by atoms with Crippen LogP contribution in [0.5, 0.6) is 11.5 Å². The minimum absolute atomic E-state index is 0.0173. The molecular formula is C15H11ClN2O6S3. The van der Waals surface area contributed by atoms with Crippen LogP contribution >= 0.6 is 34.3 Å². The number of halogens is 1. The Morgan fingerprint density at radius 1 is 1.30 bits per heavy atom. The van der Waals surface area contributed by atoms with E-state index in [1.54, 1.807) is 12.1 Å². The number of nitrogens with zero attached hydrogens (tertiary/aromatic N) is 2. The molecule has 0 bridgehead atoms. The Morgan fingerprint density at radius 3 is 2.70 bits per heavy atom. The maximum absolute atomic E-state index is 12.6. The molecule has 3 aromatic rings. The predicted molar refractivity (Wildman–Crippen MR) is 100 cm³/mol. The van der Waals surface area contributed by atoms with E-state index in [0.717, 1.165) is 22.7 Å². The molecule has 1 aromatic carbocycles. The Balaban J connectivity index is 1.93. The number of sulfonamides is 1. The molecule has 1 aliphatic heterocycles. The van der Waals surface area contributed by atoms with Crippen molar-refractivity contribution in [2.75, 3.05) is 13.9 Å². The third kappa shape index (κ3) is 3.43. The molecule has 2 aromatic heterocycles. The minimum atomic E-state index is -3.98. The third-order valence-electron chi connectivity index (χ3n) is 3.69. The van der Waals surface area contributed by atoms with Gasteiger partial charge in [0, 0.05) is 12.1 Å². The van der Waals surface area contributed by atoms with Gasteiger partial charge in [-0.05, 0) is 12.1 Å². The van der Waals surface area contributed by atoms with E-state index in [4.69, 9.17) is 25.8 Å². The SMILES string of the molecule is COC(=O)Cn1c(=NS(=O)(=O)c2ccc(Cl)s2)sc2cc3c(cc21)OCO3. The molecule has 3 heterocycles. The molecule has 0 saturated carbocycles. The van der Waals surface area contributed by atoms with Gasteiger partial charge < -0.3 is 18.8 Å². The van der Waals surface area contributed by atoms with Crippen LogP contribution in [0.15, 0.2) is 32.9 Å². The lowest BCUT2D eigenvalue weighted by Gasteiger charge is -2.04. The largest absolute Gasteiger partial charge is 0.468 e. The quantitative estimate of drug-likeness (QED) is 0.571. The number of hydrogen-bond donors (Lipinski definition) is 0. The molecule has 0 radical (unpaired) electrons. The maximum atomic E-state index is 12.6. The van der Waals surface area contributed by atoms with Crippen molar-refractivity contribution in [3.05, 3.63) is 33.4 Å². The summed E-state index contributed by atoms with van der Waals surface area (Å²) in [5.41, 5.74) is 0.591. The van der Waals surface area contributed by atoms with Crippen LogP contribution in [-0.4, -0.2) is 32.9 Å². The Bertz CT molecular complexity index is 1220. The number of aromatic nitrogens is 1. The highest BCUT2D eigenvalue weighted by Gasteiger charge is 2.21. The number of thiazole rings is 1. The molecule has 0 spiro atoms. The van der Waals surface area contributed by atoms with Crippen molar-refractivity contribution < 1.29 is 27.4 Å². The number of methoxy groups -OCH3 is 1. The Morgan fingerprint density at radius 2 is 2.04 bits per heavy atom. The molecule has 0 atom stereocenters. The number of thiophene rings is 1. The zero-order chi connectivity index (χ0) is 19.2. The Labute approximate surface area is 166 Å². The first-order valence-corrected chi connectivity index (χ1v) is 10.9. The Kier molecular flexibility index (Phi) is 4.62. The first-order valence-electron chi connectivity index (χ1n) is 7.43. The van der Waals surface area contributed by atoms with Crippen molar-refractivity contribution in [3.8, 4) is 11.5 Å². The van der Waals surface area contributed by atoms with Gasteiger partial charge in [0.1, 0.15) is 10.8 Å². The van der Waals surface area contributed by atoms with Gasteiger partial charge in [-0.25, -0.2) is 0 Å². The van der Waals surface area contributed by atoms with Crippen LogP contribution in [0.3, 0.4) is 0 Å². The highest BCUT2D eigenvalue weighted by molar-refractivity contribution is 7.92. The van der Waals surface area contributed by atoms with Crippen molar-refractivity contribution in [1.29, 1.82) is 0 Å². The minimum Gasteiger partial charge on any atom is -0.468 e. The maximum Gasteiger partial charge on any atom is 0.325 e. The van der Waals surface area contributed by atoms with Gasteiger partial charge in [-0.15, -0.1) is 15.7 Å². The fraction of sp³-hybridized carbons (Fsp3) is 0.200. The summed E-state index contributed by atoms with van der Waals surface area (Å²) in [5, 5.41) is 0. The monoisotopic (exact) mass is 446 g/mol. The zero-order valence-electron chi connectivity index (χ0n) is 13.7. The van der Waals surface area contributed by atoms with Gasteiger partial charge in [-0.3, -0.25) is 4.79 Å². The normalized spacial score (nSPS) is 14.1. The number of carbonyl (C=O) groups is 1. The summed E-state index contributed by atoms with van der Waals surface area (Å²) in [6.07, 6.45) is 0. The fourth-order valence-corrected chi connectivity index (χ4v) is 6.16. The van der Waals surface area contributed by atoms with Crippen molar-refractivity contribution in [2.45, 2.75) is 10.8 Å². The second kappa shape index (κ2) is 6.82. The van der Waals surface area contributed by atoms with Gasteiger partial charge in [-0.1, -0.05) is 22.9 Å². The van der Waals surface area contributed by atoms with E-state index < -0.39 is 16.0 Å². The molecule has 4 rings (SSSR count). The topological polar surface area (TPSA) is 96.2 Å². The van der Waals surface area contributed by atoms with Gasteiger partial charge in [0.05, 0.1) is 21.7 Å². The molecule has 0 unspecified atom stereocenters. The summed E-state index contributed by atoms with van der Waals surface area (Å²) >= 11 is 7.86. The van der Waals surface area contributed by atoms with Crippen LogP contribution in [0, 0.1) is 0 Å². The Hall–Kier alpha value is -2.08. The molecule has 0 N–H and O–H groups in total. The molecule has 0 amide bonds. The molecule has 0 aliphatic carbocycles. The average Bonchev–Trinajstić information content (AvgIpc) is 3.32. The van der Waals surface area contributed by atoms with Crippen LogP contribution in [0.2, 0.25) is 4.34 Å². The number of benzene rings is 1. The van der Waals surface area contributed by atoms with Gasteiger partial charge in [0.2, 0.25) is 11.6 Å². The summed E-state index contributed by atoms with van der Waals surface area (Å²) < 4.78 is 47.1. The second-order valence-corrected chi connectivity index (χ2v) is 9.90. The van der Waals surface area contributed by atoms with Gasteiger partial charge in [0.15, 0.2) is 11.5 Å². The van der Waals surface area contributed by atoms with E-state index in [0.29, 0.717) is 26.1 Å². The molecule has 1 aliphatic rings. The van der Waals surface area contributed by atoms with E-state index in [-0.39, 0.29) is 22.3 Å². The highest BCUT2D eigenvalue weighted by Crippen LogP contribution is 2.37. The van der Waals surface area contributed by atoms with E-state index in [1.165, 1.54) is 23.8 Å². The molecular weight excluding hydrogens is 436 g/mol. The van der Waals surface area contributed by atoms with Crippen LogP contribution < -0.4 is 14.3 Å². The smallest absolute Gasteiger partial charge is 0.325 e. The summed E-state index contributed by atoms with van der Waals surface area (Å²) in [5.74, 6) is 0.525. The standard InChI is InChI=1S/C15H11ClN2O6S3/c1-22-13(19)6-18-8-4-9-10(24-7-23-9)5-11(8)25-15(18)17-27(20,21)14-3-2-12(16)26-14/h2-5H,6-7H2,1H3. The number of esters is 1. The lowest BCUT2D eigenvalue weighted by Crippen LogP contribution is -2.22. The van der Waals surface area contributed by atoms with Crippen LogP contribution in [0.25, 0.3) is 10.2 Å². The molecule has 0 fully saturated rings. The molecule has 8 nitrogen and oxygen atoms in total. The van der Waals surface area contributed by atoms with Crippen LogP contribution in [0.1, 0.15) is 0 Å². The lowest BCUT2D eigenvalue weighted by atomic mass is 10.3. The summed E-state index contributed by atoms with van der Waals surface area (Å²) in [4.78, 5) is 12.0. The van der Waals surface area contributed by atoms with E-state index in [9.17, 15) is 13.2 Å². The molecule has 12 heteroatoms. The number of ether oxygens (including phenoxy) is 3. The first-order chi connectivity index (χ1) is 12.9. The third-order valence-corrected chi connectivity index (χ3v) is 7.82. The number of rotatable bonds is 4. The van der Waals surface area contributed by atoms with E-state index in [2.05, 4.69) is 4.40 Å². The van der Waals surface area contributed by atoms with Crippen molar-refractivity contribution in [1.82, 2.24) is 4.57 Å². The molecule has 142 valence electrons. The first kappa shape index (κ1) is 18.3. The van der Waals surface area contributed by atoms with Crippen molar-refractivity contribution in [2.24, 2.45) is 4.40 Å². The second-order valence-electron chi connectivity index (χ2n) is 5.35. The molecule has 27 heavy (non-hydrogen) atoms. The molecule has 0 saturated heterocycles. The predicted octanol–water partition coefficient (Wildman–Crippen LogP) is 2.61. The fourth-order valence-electron chi connectivity index (χ4n) is 2.46. The lowest BCUT2D eigenvalue weighted by molar-refractivity contribution is -0.141. The van der Waals surface area contributed by atoms with Crippen molar-refractivity contribution in [3.63, 3.8) is 0 Å². The van der Waals surface area contributed by atoms with E-state index >= 15 is 0 Å². The number of carbonyl (C=O) groups excluding carboxylic acids is 1. The van der Waals surface area contributed by atoms with Gasteiger partial charge >= 0.3 is 5.97 Å². The summed E-state index contributed by atoms with van der Waals surface area (Å²) in [6.45, 7) is -0.0932. The van der Waals surface area contributed by atoms with Gasteiger partial charge in [0.25, 0.3) is 10.0 Å². The summed E-state index contributed by atoms with van der Waals surface area (Å²) in [6, 6.07) is 6.29.